The molecule has 0 aliphatic carbocycles. The van der Waals surface area contributed by atoms with E-state index < -0.39 is 5.60 Å². The smallest absolute Gasteiger partial charge is 0.410 e. The zero-order chi connectivity index (χ0) is 27.0. The van der Waals surface area contributed by atoms with Crippen molar-refractivity contribution in [1.29, 1.82) is 0 Å². The van der Waals surface area contributed by atoms with Crippen LogP contribution in [0.5, 0.6) is 11.5 Å². The predicted octanol–water partition coefficient (Wildman–Crippen LogP) is 5.79. The molecule has 1 amide bonds. The van der Waals surface area contributed by atoms with Crippen LogP contribution in [0, 0.1) is 0 Å². The number of pyridine rings is 1. The molecule has 0 saturated carbocycles. The molecule has 0 radical (unpaired) electrons. The number of ether oxygens (including phenoxy) is 2. The van der Waals surface area contributed by atoms with Gasteiger partial charge in [0.2, 0.25) is 0 Å². The van der Waals surface area contributed by atoms with E-state index in [1.807, 2.05) is 39.0 Å². The fourth-order valence-electron chi connectivity index (χ4n) is 4.89. The molecule has 4 heterocycles. The van der Waals surface area contributed by atoms with Crippen LogP contribution in [0.3, 0.4) is 0 Å². The summed E-state index contributed by atoms with van der Waals surface area (Å²) in [5.41, 5.74) is 2.31. The van der Waals surface area contributed by atoms with E-state index >= 15 is 0 Å². The first-order valence-electron chi connectivity index (χ1n) is 12.8. The van der Waals surface area contributed by atoms with Gasteiger partial charge in [-0.25, -0.2) is 9.78 Å². The normalized spacial score (nSPS) is 17.7. The summed E-state index contributed by atoms with van der Waals surface area (Å²) < 4.78 is 17.5. The van der Waals surface area contributed by atoms with Crippen LogP contribution in [-0.2, 0) is 4.74 Å². The number of benzene rings is 1. The summed E-state index contributed by atoms with van der Waals surface area (Å²) in [5.74, 6) is 1.61. The summed E-state index contributed by atoms with van der Waals surface area (Å²) in [4.78, 5) is 20.7. The second kappa shape index (κ2) is 10.1. The van der Waals surface area contributed by atoms with Crippen LogP contribution in [0.15, 0.2) is 45.1 Å². The molecular weight excluding hydrogens is 486 g/mol. The lowest BCUT2D eigenvalue weighted by Gasteiger charge is -2.36. The maximum atomic E-state index is 12.4. The van der Waals surface area contributed by atoms with Crippen LogP contribution >= 0.6 is 0 Å². The molecule has 0 bridgehead atoms. The number of amides is 1. The van der Waals surface area contributed by atoms with Gasteiger partial charge in [0.25, 0.3) is 0 Å². The summed E-state index contributed by atoms with van der Waals surface area (Å²) in [6.07, 6.45) is 3.07. The number of furan rings is 1. The summed E-state index contributed by atoms with van der Waals surface area (Å²) >= 11 is 0. The Bertz CT molecular complexity index is 1410. The molecule has 1 aromatic carbocycles. The van der Waals surface area contributed by atoms with Gasteiger partial charge in [-0.2, -0.15) is 0 Å². The molecule has 2 aliphatic heterocycles. The molecule has 1 atom stereocenters. The summed E-state index contributed by atoms with van der Waals surface area (Å²) in [5, 5.41) is 19.9. The third-order valence-electron chi connectivity index (χ3n) is 6.71. The minimum absolute atomic E-state index is 0.0314. The van der Waals surface area contributed by atoms with Gasteiger partial charge in [-0.1, -0.05) is 6.92 Å². The summed E-state index contributed by atoms with van der Waals surface area (Å²) in [6.45, 7) is 11.2. The van der Waals surface area contributed by atoms with Crippen molar-refractivity contribution in [3.05, 3.63) is 47.3 Å². The number of nitrogens with zero attached hydrogens (tertiary/aromatic N) is 5. The van der Waals surface area contributed by atoms with Crippen molar-refractivity contribution in [2.24, 2.45) is 10.2 Å². The Morgan fingerprint density at radius 2 is 1.95 bits per heavy atom. The van der Waals surface area contributed by atoms with Crippen molar-refractivity contribution in [2.45, 2.75) is 39.2 Å². The van der Waals surface area contributed by atoms with Crippen molar-refractivity contribution in [3.63, 3.8) is 0 Å². The lowest BCUT2D eigenvalue weighted by atomic mass is 9.97. The monoisotopic (exact) mass is 519 g/mol. The van der Waals surface area contributed by atoms with Crippen molar-refractivity contribution in [1.82, 2.24) is 14.8 Å². The molecule has 1 N–H and O–H groups in total. The number of aromatic nitrogens is 1. The molecule has 2 aromatic heterocycles. The SMILES string of the molecule is COc1ccc2c(O)c(C=C3N=Nc4ncccc43)oc2c1C(C)CN1CCN(C(=O)OC(C)(C)C)CC1. The highest BCUT2D eigenvalue weighted by Crippen LogP contribution is 2.43. The van der Waals surface area contributed by atoms with Crippen LogP contribution in [-0.4, -0.2) is 71.4 Å². The Balaban J connectivity index is 1.37. The third kappa shape index (κ3) is 5.08. The average Bonchev–Trinajstić information content (AvgIpc) is 3.43. The fourth-order valence-corrected chi connectivity index (χ4v) is 4.89. The van der Waals surface area contributed by atoms with Gasteiger partial charge < -0.3 is 23.9 Å². The molecule has 0 spiro atoms. The van der Waals surface area contributed by atoms with Crippen molar-refractivity contribution < 1.29 is 23.8 Å². The first-order chi connectivity index (χ1) is 18.1. The van der Waals surface area contributed by atoms with Gasteiger partial charge in [0.15, 0.2) is 17.3 Å². The molecule has 1 fully saturated rings. The maximum Gasteiger partial charge on any atom is 0.410 e. The van der Waals surface area contributed by atoms with Crippen LogP contribution in [0.25, 0.3) is 22.7 Å². The number of carbonyl (C=O) groups is 1. The second-order valence-electron chi connectivity index (χ2n) is 10.6. The molecule has 2 aliphatic rings. The number of aromatic hydroxyl groups is 1. The third-order valence-corrected chi connectivity index (χ3v) is 6.71. The molecule has 200 valence electrons. The van der Waals surface area contributed by atoms with Crippen LogP contribution in [0.1, 0.15) is 50.5 Å². The first-order valence-corrected chi connectivity index (χ1v) is 12.8. The number of piperazine rings is 1. The van der Waals surface area contributed by atoms with Gasteiger partial charge in [0.1, 0.15) is 22.6 Å². The Labute approximate surface area is 221 Å². The van der Waals surface area contributed by atoms with Crippen LogP contribution < -0.4 is 4.74 Å². The van der Waals surface area contributed by atoms with Crippen molar-refractivity contribution >= 4 is 34.7 Å². The van der Waals surface area contributed by atoms with E-state index in [2.05, 4.69) is 27.0 Å². The van der Waals surface area contributed by atoms with Crippen LogP contribution in [0.2, 0.25) is 0 Å². The Kier molecular flexibility index (Phi) is 6.83. The van der Waals surface area contributed by atoms with Gasteiger partial charge in [-0.15, -0.1) is 10.2 Å². The maximum absolute atomic E-state index is 12.4. The molecule has 38 heavy (non-hydrogen) atoms. The molecule has 3 aromatic rings. The minimum Gasteiger partial charge on any atom is -0.504 e. The molecule has 5 rings (SSSR count). The minimum atomic E-state index is -0.512. The van der Waals surface area contributed by atoms with E-state index in [9.17, 15) is 9.90 Å². The second-order valence-corrected chi connectivity index (χ2v) is 10.6. The molecule has 1 saturated heterocycles. The number of hydrogen-bond donors (Lipinski definition) is 1. The van der Waals surface area contributed by atoms with Gasteiger partial charge in [0.05, 0.1) is 12.5 Å². The largest absolute Gasteiger partial charge is 0.504 e. The van der Waals surface area contributed by atoms with Gasteiger partial charge in [-0.05, 0) is 45.0 Å². The standard InChI is InChI=1S/C28H33N5O5/c1-17(16-32-11-13-33(14-12-32)27(35)38-28(2,3)4)23-21(36-5)9-8-19-24(34)22(37-25(19)23)15-20-18-7-6-10-29-26(18)31-30-20/h6-10,15,17,34H,11-14,16H2,1-5H3. The number of azo groups is 1. The Hall–Kier alpha value is -3.92. The van der Waals surface area contributed by atoms with E-state index in [4.69, 9.17) is 13.9 Å². The first kappa shape index (κ1) is 25.7. The van der Waals surface area contributed by atoms with E-state index in [1.165, 1.54) is 0 Å². The van der Waals surface area contributed by atoms with Gasteiger partial charge >= 0.3 is 6.09 Å². The molecule has 10 nitrogen and oxygen atoms in total. The Morgan fingerprint density at radius 1 is 1.18 bits per heavy atom. The number of fused-ring (bicyclic) bond motifs is 2. The predicted molar refractivity (Wildman–Crippen MR) is 144 cm³/mol. The number of methoxy groups -OCH3 is 1. The fraction of sp³-hybridized carbons (Fsp3) is 0.429. The topological polar surface area (TPSA) is 113 Å². The number of rotatable bonds is 5. The van der Waals surface area contributed by atoms with Crippen molar-refractivity contribution in [3.8, 4) is 11.5 Å². The molecule has 10 heteroatoms. The van der Waals surface area contributed by atoms with Crippen molar-refractivity contribution in [2.75, 3.05) is 39.8 Å². The number of carbonyl (C=O) groups excluding carboxylic acids is 1. The highest BCUT2D eigenvalue weighted by Gasteiger charge is 2.29. The highest BCUT2D eigenvalue weighted by molar-refractivity contribution is 5.95. The zero-order valence-electron chi connectivity index (χ0n) is 22.4. The van der Waals surface area contributed by atoms with E-state index in [0.717, 1.165) is 30.8 Å². The van der Waals surface area contributed by atoms with E-state index in [0.29, 0.717) is 47.1 Å². The molecular formula is C28H33N5O5. The van der Waals surface area contributed by atoms with Crippen LogP contribution in [0.4, 0.5) is 10.6 Å². The average molecular weight is 520 g/mol. The lowest BCUT2D eigenvalue weighted by molar-refractivity contribution is 0.0142. The van der Waals surface area contributed by atoms with Gasteiger partial charge in [0, 0.05) is 62.0 Å². The van der Waals surface area contributed by atoms with E-state index in [-0.39, 0.29) is 17.8 Å². The van der Waals surface area contributed by atoms with Gasteiger partial charge in [-0.3, -0.25) is 4.90 Å². The zero-order valence-corrected chi connectivity index (χ0v) is 22.4. The summed E-state index contributed by atoms with van der Waals surface area (Å²) in [6, 6.07) is 7.36. The molecule has 1 unspecified atom stereocenters. The number of hydrogen-bond acceptors (Lipinski definition) is 9. The summed E-state index contributed by atoms with van der Waals surface area (Å²) in [7, 11) is 1.63. The van der Waals surface area contributed by atoms with E-state index in [1.54, 1.807) is 30.3 Å². The lowest BCUT2D eigenvalue weighted by Crippen LogP contribution is -2.50. The highest BCUT2D eigenvalue weighted by atomic mass is 16.6. The quantitative estimate of drug-likeness (QED) is 0.454. The Morgan fingerprint density at radius 3 is 2.66 bits per heavy atom.